The van der Waals surface area contributed by atoms with Gasteiger partial charge >= 0.3 is 0 Å². The number of halogens is 2. The third-order valence-electron chi connectivity index (χ3n) is 6.07. The molecule has 0 bridgehead atoms. The molecule has 4 aromatic rings. The summed E-state index contributed by atoms with van der Waals surface area (Å²) >= 11 is 0. The molecule has 2 aromatic heterocycles. The van der Waals surface area contributed by atoms with Gasteiger partial charge in [-0.3, -0.25) is 4.72 Å². The van der Waals surface area contributed by atoms with Crippen LogP contribution < -0.4 is 15.2 Å². The lowest BCUT2D eigenvalue weighted by molar-refractivity contribution is 0.400. The minimum Gasteiger partial charge on any atom is -0.480 e. The highest BCUT2D eigenvalue weighted by Gasteiger charge is 2.22. The Hall–Kier alpha value is -4.25. The van der Waals surface area contributed by atoms with E-state index in [2.05, 4.69) is 26.8 Å². The van der Waals surface area contributed by atoms with Gasteiger partial charge in [0.1, 0.15) is 22.2 Å². The minimum absolute atomic E-state index is 0.00373. The largest absolute Gasteiger partial charge is 0.480 e. The second kappa shape index (κ2) is 9.66. The van der Waals surface area contributed by atoms with Crippen molar-refractivity contribution in [2.45, 2.75) is 17.9 Å². The number of ether oxygens (including phenoxy) is 1. The quantitative estimate of drug-likeness (QED) is 0.356. The Labute approximate surface area is 212 Å². The van der Waals surface area contributed by atoms with Crippen LogP contribution in [0.1, 0.15) is 6.42 Å². The van der Waals surface area contributed by atoms with Gasteiger partial charge in [0.15, 0.2) is 0 Å². The molecule has 8 nitrogen and oxygen atoms in total. The summed E-state index contributed by atoms with van der Waals surface area (Å²) in [6, 6.07) is 9.32. The van der Waals surface area contributed by atoms with Gasteiger partial charge in [-0.15, -0.1) is 0 Å². The van der Waals surface area contributed by atoms with Crippen molar-refractivity contribution in [2.75, 3.05) is 17.6 Å². The van der Waals surface area contributed by atoms with E-state index in [1.165, 1.54) is 19.4 Å². The first-order chi connectivity index (χ1) is 17.7. The van der Waals surface area contributed by atoms with Crippen LogP contribution in [0.3, 0.4) is 0 Å². The standard InChI is InChI=1S/C26H23F2N5O3S/c1-36-25-22(32-37(34,35)24-10-8-19(27)13-20(24)28)11-18(14-30-25)17-7-9-21-23(12-17)33(26(29)31-21)15-16-5-3-2-4-6-16/h2-5,7-14,16,32H,6,15H2,1H3,(H2,29,31). The number of sulfonamides is 1. The number of benzene rings is 2. The molecular weight excluding hydrogens is 500 g/mol. The molecule has 1 aliphatic rings. The third kappa shape index (κ3) is 4.90. The molecule has 190 valence electrons. The number of nitrogen functional groups attached to an aromatic ring is 1. The highest BCUT2D eigenvalue weighted by Crippen LogP contribution is 2.33. The predicted octanol–water partition coefficient (Wildman–Crippen LogP) is 4.90. The zero-order chi connectivity index (χ0) is 26.2. The second-order valence-electron chi connectivity index (χ2n) is 8.55. The number of methoxy groups -OCH3 is 1. The Bertz CT molecular complexity index is 1660. The van der Waals surface area contributed by atoms with E-state index in [4.69, 9.17) is 10.5 Å². The summed E-state index contributed by atoms with van der Waals surface area (Å²) in [5, 5.41) is 0. The first-order valence-corrected chi connectivity index (χ1v) is 12.8. The van der Waals surface area contributed by atoms with Crippen LogP contribution in [0.2, 0.25) is 0 Å². The molecule has 3 N–H and O–H groups in total. The van der Waals surface area contributed by atoms with Gasteiger partial charge in [-0.2, -0.15) is 0 Å². The number of nitrogens with zero attached hydrogens (tertiary/aromatic N) is 3. The lowest BCUT2D eigenvalue weighted by Crippen LogP contribution is -2.15. The average Bonchev–Trinajstić information content (AvgIpc) is 3.18. The second-order valence-corrected chi connectivity index (χ2v) is 10.2. The van der Waals surface area contributed by atoms with E-state index in [-0.39, 0.29) is 17.5 Å². The van der Waals surface area contributed by atoms with Crippen LogP contribution in [0.25, 0.3) is 22.2 Å². The summed E-state index contributed by atoms with van der Waals surface area (Å²) in [6.45, 7) is 0.655. The molecule has 1 unspecified atom stereocenters. The zero-order valence-corrected chi connectivity index (χ0v) is 20.5. The normalized spacial score (nSPS) is 15.3. The number of hydrogen-bond donors (Lipinski definition) is 2. The van der Waals surface area contributed by atoms with Gasteiger partial charge in [-0.05, 0) is 48.2 Å². The van der Waals surface area contributed by atoms with Gasteiger partial charge in [0, 0.05) is 24.4 Å². The van der Waals surface area contributed by atoms with Gasteiger partial charge in [0.2, 0.25) is 11.8 Å². The van der Waals surface area contributed by atoms with Crippen molar-refractivity contribution in [1.82, 2.24) is 14.5 Å². The number of fused-ring (bicyclic) bond motifs is 1. The summed E-state index contributed by atoms with van der Waals surface area (Å²) in [6.07, 6.45) is 10.7. The number of anilines is 2. The highest BCUT2D eigenvalue weighted by atomic mass is 32.2. The van der Waals surface area contributed by atoms with Crippen LogP contribution in [0.4, 0.5) is 20.4 Å². The predicted molar refractivity (Wildman–Crippen MR) is 137 cm³/mol. The summed E-state index contributed by atoms with van der Waals surface area (Å²) in [7, 11) is -3.07. The maximum absolute atomic E-state index is 14.2. The summed E-state index contributed by atoms with van der Waals surface area (Å²) < 4.78 is 62.7. The fourth-order valence-corrected chi connectivity index (χ4v) is 5.36. The van der Waals surface area contributed by atoms with Crippen LogP contribution in [0.15, 0.2) is 77.9 Å². The number of rotatable bonds is 7. The fraction of sp³-hybridized carbons (Fsp3) is 0.154. The van der Waals surface area contributed by atoms with Crippen molar-refractivity contribution in [3.8, 4) is 17.0 Å². The topological polar surface area (TPSA) is 112 Å². The van der Waals surface area contributed by atoms with E-state index in [0.717, 1.165) is 35.2 Å². The molecule has 1 aliphatic carbocycles. The number of nitrogens with one attached hydrogen (secondary N) is 1. The van der Waals surface area contributed by atoms with Gasteiger partial charge in [0.25, 0.3) is 10.0 Å². The molecule has 0 saturated carbocycles. The Morgan fingerprint density at radius 1 is 1.14 bits per heavy atom. The summed E-state index contributed by atoms with van der Waals surface area (Å²) in [4.78, 5) is 7.99. The van der Waals surface area contributed by atoms with Gasteiger partial charge < -0.3 is 15.0 Å². The number of aromatic nitrogens is 3. The molecule has 0 spiro atoms. The van der Waals surface area contributed by atoms with Crippen LogP contribution in [0.5, 0.6) is 5.88 Å². The molecular formula is C26H23F2N5O3S. The fourth-order valence-electron chi connectivity index (χ4n) is 4.25. The van der Waals surface area contributed by atoms with Crippen molar-refractivity contribution >= 4 is 32.7 Å². The van der Waals surface area contributed by atoms with Crippen LogP contribution in [-0.4, -0.2) is 30.1 Å². The Balaban J connectivity index is 1.51. The Morgan fingerprint density at radius 3 is 2.70 bits per heavy atom. The zero-order valence-electron chi connectivity index (χ0n) is 19.7. The van der Waals surface area contributed by atoms with Gasteiger partial charge in [-0.1, -0.05) is 30.4 Å². The SMILES string of the molecule is COc1ncc(-c2ccc3nc(N)n(CC4C=CC=CC4)c3c2)cc1NS(=O)(=O)c1ccc(F)cc1F. The van der Waals surface area contributed by atoms with E-state index in [1.807, 2.05) is 34.9 Å². The van der Waals surface area contributed by atoms with Crippen molar-refractivity contribution < 1.29 is 21.9 Å². The molecule has 0 fully saturated rings. The number of nitrogens with two attached hydrogens (primary N) is 1. The number of pyridine rings is 1. The van der Waals surface area contributed by atoms with Crippen molar-refractivity contribution in [1.29, 1.82) is 0 Å². The van der Waals surface area contributed by atoms with Crippen LogP contribution in [0, 0.1) is 17.6 Å². The molecule has 2 heterocycles. The lowest BCUT2D eigenvalue weighted by atomic mass is 10.0. The summed E-state index contributed by atoms with van der Waals surface area (Å²) in [5.41, 5.74) is 9.07. The maximum Gasteiger partial charge on any atom is 0.264 e. The van der Waals surface area contributed by atoms with E-state index in [0.29, 0.717) is 24.1 Å². The number of allylic oxidation sites excluding steroid dienone is 4. The molecule has 5 rings (SSSR count). The van der Waals surface area contributed by atoms with Crippen LogP contribution in [-0.2, 0) is 16.6 Å². The highest BCUT2D eigenvalue weighted by molar-refractivity contribution is 7.92. The van der Waals surface area contributed by atoms with E-state index < -0.39 is 26.6 Å². The number of imidazole rings is 1. The molecule has 11 heteroatoms. The first-order valence-electron chi connectivity index (χ1n) is 11.4. The smallest absolute Gasteiger partial charge is 0.264 e. The molecule has 37 heavy (non-hydrogen) atoms. The molecule has 2 aromatic carbocycles. The Morgan fingerprint density at radius 2 is 1.97 bits per heavy atom. The molecule has 1 atom stereocenters. The lowest BCUT2D eigenvalue weighted by Gasteiger charge is -2.16. The molecule has 0 amide bonds. The third-order valence-corrected chi connectivity index (χ3v) is 7.47. The Kier molecular flexibility index (Phi) is 6.38. The number of hydrogen-bond acceptors (Lipinski definition) is 6. The van der Waals surface area contributed by atoms with Gasteiger partial charge in [-0.25, -0.2) is 27.2 Å². The first kappa shape index (κ1) is 24.4. The average molecular weight is 524 g/mol. The van der Waals surface area contributed by atoms with E-state index in [9.17, 15) is 17.2 Å². The minimum atomic E-state index is -4.40. The van der Waals surface area contributed by atoms with Crippen molar-refractivity contribution in [3.05, 3.63) is 84.6 Å². The summed E-state index contributed by atoms with van der Waals surface area (Å²) in [5.74, 6) is -1.43. The molecule has 0 radical (unpaired) electrons. The molecule has 0 aliphatic heterocycles. The maximum atomic E-state index is 14.2. The van der Waals surface area contributed by atoms with Crippen LogP contribution >= 0.6 is 0 Å². The molecule has 0 saturated heterocycles. The van der Waals surface area contributed by atoms with Gasteiger partial charge in [0.05, 0.1) is 18.1 Å². The van der Waals surface area contributed by atoms with Crippen molar-refractivity contribution in [2.24, 2.45) is 5.92 Å². The van der Waals surface area contributed by atoms with Crippen molar-refractivity contribution in [3.63, 3.8) is 0 Å². The monoisotopic (exact) mass is 523 g/mol. The van der Waals surface area contributed by atoms with E-state index >= 15 is 0 Å². The van der Waals surface area contributed by atoms with E-state index in [1.54, 1.807) is 0 Å².